The van der Waals surface area contributed by atoms with Gasteiger partial charge in [0.25, 0.3) is 5.91 Å². The van der Waals surface area contributed by atoms with Crippen LogP contribution < -0.4 is 11.5 Å². The van der Waals surface area contributed by atoms with Crippen molar-refractivity contribution in [3.8, 4) is 0 Å². The van der Waals surface area contributed by atoms with Gasteiger partial charge in [-0.05, 0) is 19.4 Å². The number of unbranched alkanes of at least 4 members (excludes halogenated alkanes) is 2. The molecule has 0 aliphatic rings. The van der Waals surface area contributed by atoms with E-state index in [2.05, 4.69) is 4.98 Å². The number of nitrogens with two attached hydrogens (primary N) is 2. The van der Waals surface area contributed by atoms with E-state index in [0.29, 0.717) is 18.0 Å². The molecule has 0 aromatic carbocycles. The van der Waals surface area contributed by atoms with Crippen molar-refractivity contribution in [1.29, 1.82) is 0 Å². The molecule has 1 aromatic heterocycles. The van der Waals surface area contributed by atoms with Crippen LogP contribution in [0, 0.1) is 6.42 Å². The smallest absolute Gasteiger partial charge is 0.268 e. The Balaban J connectivity index is 2.43. The Morgan fingerprint density at radius 2 is 2.19 bits per heavy atom. The molecule has 1 heterocycles. The lowest BCUT2D eigenvalue weighted by molar-refractivity contribution is 0.0996. The molecule has 4 N–H and O–H groups in total. The number of hydrogen-bond acceptors (Lipinski definition) is 5. The quantitative estimate of drug-likeness (QED) is 0.543. The van der Waals surface area contributed by atoms with Crippen molar-refractivity contribution < 1.29 is 9.59 Å². The number of thiazole rings is 1. The van der Waals surface area contributed by atoms with E-state index in [1.54, 1.807) is 6.42 Å². The minimum Gasteiger partial charge on any atom is -0.364 e. The first-order chi connectivity index (χ1) is 7.65. The van der Waals surface area contributed by atoms with E-state index in [0.717, 1.165) is 24.2 Å². The van der Waals surface area contributed by atoms with Crippen molar-refractivity contribution in [3.63, 3.8) is 0 Å². The number of aromatic nitrogens is 1. The topological polar surface area (TPSA) is 99.1 Å². The second-order valence-electron chi connectivity index (χ2n) is 3.25. The lowest BCUT2D eigenvalue weighted by Crippen LogP contribution is -2.12. The molecule has 16 heavy (non-hydrogen) atoms. The fraction of sp³-hybridized carbons (Fsp3) is 0.400. The van der Waals surface area contributed by atoms with Gasteiger partial charge in [0.2, 0.25) is 0 Å². The van der Waals surface area contributed by atoms with Crippen LogP contribution in [-0.4, -0.2) is 23.2 Å². The molecule has 0 bridgehead atoms. The fourth-order valence-corrected chi connectivity index (χ4v) is 1.85. The summed E-state index contributed by atoms with van der Waals surface area (Å²) in [5.74, 6) is -0.770. The normalized spacial score (nSPS) is 10.3. The Labute approximate surface area is 97.8 Å². The summed E-state index contributed by atoms with van der Waals surface area (Å²) in [6.45, 7) is 0.630. The Bertz CT molecular complexity index is 376. The lowest BCUT2D eigenvalue weighted by Gasteiger charge is -1.96. The van der Waals surface area contributed by atoms with Crippen molar-refractivity contribution >= 4 is 23.0 Å². The molecule has 6 heteroatoms. The summed E-state index contributed by atoms with van der Waals surface area (Å²) in [7, 11) is 0. The average Bonchev–Trinajstić information content (AvgIpc) is 2.73. The number of amides is 1. The second-order valence-corrected chi connectivity index (χ2v) is 4.11. The monoisotopic (exact) mass is 240 g/mol. The van der Waals surface area contributed by atoms with Gasteiger partial charge < -0.3 is 11.5 Å². The molecule has 1 radical (unpaired) electrons. The molecule has 1 amide bonds. The van der Waals surface area contributed by atoms with E-state index in [9.17, 15) is 9.59 Å². The number of ketones is 1. The molecule has 1 rings (SSSR count). The second kappa shape index (κ2) is 6.34. The number of Topliss-reactive ketones (excluding diaryl/α,β-unsaturated/α-hetero) is 1. The molecule has 0 fully saturated rings. The van der Waals surface area contributed by atoms with Gasteiger partial charge >= 0.3 is 0 Å². The minimum absolute atomic E-state index is 0.142. The van der Waals surface area contributed by atoms with E-state index in [1.165, 1.54) is 5.38 Å². The maximum Gasteiger partial charge on any atom is 0.268 e. The Morgan fingerprint density at radius 3 is 2.75 bits per heavy atom. The molecule has 0 aliphatic carbocycles. The molecule has 0 saturated heterocycles. The summed E-state index contributed by atoms with van der Waals surface area (Å²) in [5, 5.41) is 1.80. The highest BCUT2D eigenvalue weighted by Gasteiger charge is 2.13. The van der Waals surface area contributed by atoms with Crippen molar-refractivity contribution in [2.75, 3.05) is 6.54 Å². The van der Waals surface area contributed by atoms with Crippen molar-refractivity contribution in [1.82, 2.24) is 4.98 Å². The highest BCUT2D eigenvalue weighted by molar-refractivity contribution is 7.12. The number of carbonyl (C=O) groups excluding carboxylic acids is 2. The third-order valence-corrected chi connectivity index (χ3v) is 2.81. The molecule has 0 saturated carbocycles. The highest BCUT2D eigenvalue weighted by atomic mass is 32.1. The SMILES string of the molecule is NCCCC[CH]C(=O)c1nc(C(N)=O)cs1. The van der Waals surface area contributed by atoms with Gasteiger partial charge in [0.1, 0.15) is 5.69 Å². The summed E-state index contributed by atoms with van der Waals surface area (Å²) in [5.41, 5.74) is 10.5. The third-order valence-electron chi connectivity index (χ3n) is 1.96. The van der Waals surface area contributed by atoms with E-state index < -0.39 is 5.91 Å². The van der Waals surface area contributed by atoms with Crippen LogP contribution >= 0.6 is 11.3 Å². The standard InChI is InChI=1S/C10H14N3O2S/c11-5-3-1-2-4-8(14)10-13-7(6-16-10)9(12)15/h4,6H,1-3,5,11H2,(H2,12,15). The molecule has 5 nitrogen and oxygen atoms in total. The zero-order chi connectivity index (χ0) is 12.0. The number of primary amides is 1. The Kier molecular flexibility index (Phi) is 5.07. The number of carbonyl (C=O) groups is 2. The molecular weight excluding hydrogens is 226 g/mol. The van der Waals surface area contributed by atoms with Crippen LogP contribution in [-0.2, 0) is 0 Å². The van der Waals surface area contributed by atoms with Crippen LogP contribution in [0.5, 0.6) is 0 Å². The maximum atomic E-state index is 11.6. The van der Waals surface area contributed by atoms with Crippen molar-refractivity contribution in [2.24, 2.45) is 11.5 Å². The summed E-state index contributed by atoms with van der Waals surface area (Å²) in [6, 6.07) is 0. The molecule has 1 aromatic rings. The van der Waals surface area contributed by atoms with Gasteiger partial charge in [-0.3, -0.25) is 9.59 Å². The van der Waals surface area contributed by atoms with Crippen LogP contribution in [0.15, 0.2) is 5.38 Å². The molecular formula is C10H14N3O2S. The predicted octanol–water partition coefficient (Wildman–Crippen LogP) is 0.758. The average molecular weight is 240 g/mol. The molecule has 0 aliphatic heterocycles. The molecule has 0 unspecified atom stereocenters. The van der Waals surface area contributed by atoms with Gasteiger partial charge in [0.15, 0.2) is 10.8 Å². The van der Waals surface area contributed by atoms with Gasteiger partial charge in [0.05, 0.1) is 0 Å². The third kappa shape index (κ3) is 3.71. The first-order valence-corrected chi connectivity index (χ1v) is 5.86. The van der Waals surface area contributed by atoms with Crippen molar-refractivity contribution in [3.05, 3.63) is 22.5 Å². The van der Waals surface area contributed by atoms with E-state index >= 15 is 0 Å². The van der Waals surface area contributed by atoms with Crippen LogP contribution in [0.3, 0.4) is 0 Å². The largest absolute Gasteiger partial charge is 0.364 e. The summed E-state index contributed by atoms with van der Waals surface area (Å²) >= 11 is 1.13. The lowest BCUT2D eigenvalue weighted by atomic mass is 10.1. The Hall–Kier alpha value is -1.27. The number of hydrogen-bond donors (Lipinski definition) is 2. The van der Waals surface area contributed by atoms with E-state index in [1.807, 2.05) is 0 Å². The van der Waals surface area contributed by atoms with Gasteiger partial charge in [-0.2, -0.15) is 0 Å². The number of nitrogens with zero attached hydrogens (tertiary/aromatic N) is 1. The van der Waals surface area contributed by atoms with E-state index in [4.69, 9.17) is 11.5 Å². The van der Waals surface area contributed by atoms with Crippen LogP contribution in [0.1, 0.15) is 39.6 Å². The van der Waals surface area contributed by atoms with Crippen LogP contribution in [0.4, 0.5) is 0 Å². The molecule has 87 valence electrons. The molecule has 0 spiro atoms. The van der Waals surface area contributed by atoms with Crippen LogP contribution in [0.2, 0.25) is 0 Å². The van der Waals surface area contributed by atoms with Crippen molar-refractivity contribution in [2.45, 2.75) is 19.3 Å². The number of rotatable bonds is 7. The predicted molar refractivity (Wildman–Crippen MR) is 62.2 cm³/mol. The van der Waals surface area contributed by atoms with E-state index in [-0.39, 0.29) is 11.5 Å². The zero-order valence-electron chi connectivity index (χ0n) is 8.81. The summed E-state index contributed by atoms with van der Waals surface area (Å²) in [6.07, 6.45) is 4.03. The van der Waals surface area contributed by atoms with Gasteiger partial charge in [-0.1, -0.05) is 6.42 Å². The fourth-order valence-electron chi connectivity index (χ4n) is 1.11. The van der Waals surface area contributed by atoms with Gasteiger partial charge in [-0.15, -0.1) is 11.3 Å². The summed E-state index contributed by atoms with van der Waals surface area (Å²) in [4.78, 5) is 26.2. The van der Waals surface area contributed by atoms with Crippen LogP contribution in [0.25, 0.3) is 0 Å². The molecule has 0 atom stereocenters. The Morgan fingerprint density at radius 1 is 1.44 bits per heavy atom. The van der Waals surface area contributed by atoms with Gasteiger partial charge in [0, 0.05) is 11.8 Å². The first-order valence-electron chi connectivity index (χ1n) is 4.98. The highest BCUT2D eigenvalue weighted by Crippen LogP contribution is 2.13. The first kappa shape index (κ1) is 12.8. The summed E-state index contributed by atoms with van der Waals surface area (Å²) < 4.78 is 0. The van der Waals surface area contributed by atoms with Gasteiger partial charge in [-0.25, -0.2) is 4.98 Å². The minimum atomic E-state index is -0.613. The maximum absolute atomic E-state index is 11.6. The zero-order valence-corrected chi connectivity index (χ0v) is 9.63.